The first-order valence-corrected chi connectivity index (χ1v) is 3.98. The van der Waals surface area contributed by atoms with Gasteiger partial charge in [0.25, 0.3) is 0 Å². The van der Waals surface area contributed by atoms with E-state index in [1.807, 2.05) is 6.07 Å². The first-order valence-electron chi connectivity index (χ1n) is 3.98. The van der Waals surface area contributed by atoms with Gasteiger partial charge in [0.15, 0.2) is 0 Å². The third kappa shape index (κ3) is 1.18. The average molecular weight is 175 g/mol. The molecule has 0 spiro atoms. The highest BCUT2D eigenvalue weighted by Gasteiger charge is 2.19. The van der Waals surface area contributed by atoms with E-state index in [2.05, 4.69) is 11.9 Å². The Labute approximate surface area is 75.7 Å². The second-order valence-corrected chi connectivity index (χ2v) is 3.04. The van der Waals surface area contributed by atoms with Crippen molar-refractivity contribution in [3.63, 3.8) is 0 Å². The molecule has 0 unspecified atom stereocenters. The predicted molar refractivity (Wildman–Crippen MR) is 49.9 cm³/mol. The molecule has 1 aliphatic rings. The van der Waals surface area contributed by atoms with Gasteiger partial charge in [-0.1, -0.05) is 12.6 Å². The van der Waals surface area contributed by atoms with Crippen LogP contribution in [-0.4, -0.2) is 11.1 Å². The van der Waals surface area contributed by atoms with Crippen molar-refractivity contribution in [2.45, 2.75) is 6.42 Å². The molecular weight excluding hydrogens is 166 g/mol. The molecule has 0 aromatic heterocycles. The van der Waals surface area contributed by atoms with E-state index in [-0.39, 0.29) is 0 Å². The van der Waals surface area contributed by atoms with Crippen molar-refractivity contribution in [2.24, 2.45) is 0 Å². The Morgan fingerprint density at radius 1 is 1.54 bits per heavy atom. The van der Waals surface area contributed by atoms with Crippen LogP contribution in [0.1, 0.15) is 15.9 Å². The number of benzene rings is 1. The van der Waals surface area contributed by atoms with Crippen LogP contribution in [-0.2, 0) is 6.42 Å². The summed E-state index contributed by atoms with van der Waals surface area (Å²) in [5.41, 5.74) is 2.91. The SMILES string of the molecule is C=C1Cc2c(cccc2C(=O)O)N1. The van der Waals surface area contributed by atoms with Gasteiger partial charge >= 0.3 is 5.97 Å². The summed E-state index contributed by atoms with van der Waals surface area (Å²) in [4.78, 5) is 10.8. The maximum absolute atomic E-state index is 10.8. The second-order valence-electron chi connectivity index (χ2n) is 3.04. The molecule has 0 radical (unpaired) electrons. The van der Waals surface area contributed by atoms with Gasteiger partial charge in [0.05, 0.1) is 5.56 Å². The number of hydrogen-bond donors (Lipinski definition) is 2. The van der Waals surface area contributed by atoms with Crippen LogP contribution in [0, 0.1) is 0 Å². The molecule has 1 aromatic rings. The normalized spacial score (nSPS) is 13.7. The third-order valence-corrected chi connectivity index (χ3v) is 2.11. The van der Waals surface area contributed by atoms with Gasteiger partial charge in [-0.05, 0) is 17.7 Å². The van der Waals surface area contributed by atoms with Crippen LogP contribution >= 0.6 is 0 Å². The standard InChI is InChI=1S/C10H9NO2/c1-6-5-8-7(10(12)13)3-2-4-9(8)11-6/h2-4,11H,1,5H2,(H,12,13). The second kappa shape index (κ2) is 2.62. The predicted octanol–water partition coefficient (Wildman–Crippen LogP) is 1.87. The molecule has 0 atom stereocenters. The molecular formula is C10H9NO2. The number of rotatable bonds is 1. The van der Waals surface area contributed by atoms with Crippen molar-refractivity contribution < 1.29 is 9.90 Å². The summed E-state index contributed by atoms with van der Waals surface area (Å²) in [5.74, 6) is -0.881. The number of carbonyl (C=O) groups is 1. The Bertz CT molecular complexity index is 396. The summed E-state index contributed by atoms with van der Waals surface area (Å²) in [7, 11) is 0. The topological polar surface area (TPSA) is 49.3 Å². The van der Waals surface area contributed by atoms with Crippen LogP contribution in [0.3, 0.4) is 0 Å². The van der Waals surface area contributed by atoms with Gasteiger partial charge in [0.2, 0.25) is 0 Å². The molecule has 0 aliphatic carbocycles. The van der Waals surface area contributed by atoms with Crippen molar-refractivity contribution in [3.05, 3.63) is 41.6 Å². The fourth-order valence-electron chi connectivity index (χ4n) is 1.54. The summed E-state index contributed by atoms with van der Waals surface area (Å²) >= 11 is 0. The molecule has 66 valence electrons. The highest BCUT2D eigenvalue weighted by Crippen LogP contribution is 2.29. The Hall–Kier alpha value is -1.77. The molecule has 0 amide bonds. The minimum absolute atomic E-state index is 0.364. The van der Waals surface area contributed by atoms with E-state index in [1.54, 1.807) is 12.1 Å². The maximum Gasteiger partial charge on any atom is 0.336 e. The molecule has 2 N–H and O–H groups in total. The number of fused-ring (bicyclic) bond motifs is 1. The Kier molecular flexibility index (Phi) is 1.59. The summed E-state index contributed by atoms with van der Waals surface area (Å²) < 4.78 is 0. The van der Waals surface area contributed by atoms with Gasteiger partial charge < -0.3 is 10.4 Å². The molecule has 3 heteroatoms. The van der Waals surface area contributed by atoms with Crippen LogP contribution in [0.5, 0.6) is 0 Å². The first-order chi connectivity index (χ1) is 6.18. The summed E-state index contributed by atoms with van der Waals surface area (Å²) in [6.45, 7) is 3.77. The van der Waals surface area contributed by atoms with Gasteiger partial charge in [0, 0.05) is 17.8 Å². The zero-order valence-electron chi connectivity index (χ0n) is 7.00. The first kappa shape index (κ1) is 7.86. The number of anilines is 1. The van der Waals surface area contributed by atoms with Crippen molar-refractivity contribution >= 4 is 11.7 Å². The van der Waals surface area contributed by atoms with E-state index >= 15 is 0 Å². The molecule has 3 nitrogen and oxygen atoms in total. The average Bonchev–Trinajstić information content (AvgIpc) is 2.43. The lowest BCUT2D eigenvalue weighted by Gasteiger charge is -2.01. The van der Waals surface area contributed by atoms with Crippen LogP contribution in [0.15, 0.2) is 30.5 Å². The van der Waals surface area contributed by atoms with Gasteiger partial charge in [-0.25, -0.2) is 4.79 Å². The fraction of sp³-hybridized carbons (Fsp3) is 0.100. The molecule has 1 heterocycles. The number of hydrogen-bond acceptors (Lipinski definition) is 2. The van der Waals surface area contributed by atoms with Crippen LogP contribution < -0.4 is 5.32 Å². The zero-order chi connectivity index (χ0) is 9.42. The van der Waals surface area contributed by atoms with E-state index in [0.717, 1.165) is 16.9 Å². The molecule has 0 bridgehead atoms. The molecule has 1 aliphatic heterocycles. The Balaban J connectivity index is 2.57. The van der Waals surface area contributed by atoms with Crippen molar-refractivity contribution in [2.75, 3.05) is 5.32 Å². The number of allylic oxidation sites excluding steroid dienone is 1. The van der Waals surface area contributed by atoms with E-state index in [4.69, 9.17) is 5.11 Å². The molecule has 0 saturated carbocycles. The monoisotopic (exact) mass is 175 g/mol. The van der Waals surface area contributed by atoms with E-state index < -0.39 is 5.97 Å². The lowest BCUT2D eigenvalue weighted by atomic mass is 10.0. The van der Waals surface area contributed by atoms with Gasteiger partial charge in [-0.2, -0.15) is 0 Å². The molecule has 2 rings (SSSR count). The summed E-state index contributed by atoms with van der Waals surface area (Å²) in [6.07, 6.45) is 0.609. The Morgan fingerprint density at radius 2 is 2.31 bits per heavy atom. The molecule has 1 aromatic carbocycles. The largest absolute Gasteiger partial charge is 0.478 e. The van der Waals surface area contributed by atoms with Gasteiger partial charge in [-0.15, -0.1) is 0 Å². The maximum atomic E-state index is 10.8. The number of carboxylic acids is 1. The fourth-order valence-corrected chi connectivity index (χ4v) is 1.54. The minimum atomic E-state index is -0.881. The Morgan fingerprint density at radius 3 is 3.00 bits per heavy atom. The molecule has 13 heavy (non-hydrogen) atoms. The molecule has 0 saturated heterocycles. The smallest absolute Gasteiger partial charge is 0.336 e. The number of aromatic carboxylic acids is 1. The lowest BCUT2D eigenvalue weighted by molar-refractivity contribution is 0.0696. The number of carboxylic acid groups (broad SMARTS) is 1. The lowest BCUT2D eigenvalue weighted by Crippen LogP contribution is -2.00. The van der Waals surface area contributed by atoms with E-state index in [9.17, 15) is 4.79 Å². The van der Waals surface area contributed by atoms with Gasteiger partial charge in [-0.3, -0.25) is 0 Å². The molecule has 0 fully saturated rings. The van der Waals surface area contributed by atoms with Crippen molar-refractivity contribution in [3.8, 4) is 0 Å². The van der Waals surface area contributed by atoms with E-state index in [0.29, 0.717) is 12.0 Å². The quantitative estimate of drug-likeness (QED) is 0.685. The summed E-state index contributed by atoms with van der Waals surface area (Å²) in [5, 5.41) is 11.9. The third-order valence-electron chi connectivity index (χ3n) is 2.11. The highest BCUT2D eigenvalue weighted by molar-refractivity contribution is 5.92. The minimum Gasteiger partial charge on any atom is -0.478 e. The summed E-state index contributed by atoms with van der Waals surface area (Å²) in [6, 6.07) is 5.20. The van der Waals surface area contributed by atoms with E-state index in [1.165, 1.54) is 0 Å². The van der Waals surface area contributed by atoms with Gasteiger partial charge in [0.1, 0.15) is 0 Å². The highest BCUT2D eigenvalue weighted by atomic mass is 16.4. The van der Waals surface area contributed by atoms with Crippen LogP contribution in [0.4, 0.5) is 5.69 Å². The van der Waals surface area contributed by atoms with Crippen molar-refractivity contribution in [1.29, 1.82) is 0 Å². The zero-order valence-corrected chi connectivity index (χ0v) is 7.00. The van der Waals surface area contributed by atoms with Crippen LogP contribution in [0.2, 0.25) is 0 Å². The number of nitrogens with one attached hydrogen (secondary N) is 1. The van der Waals surface area contributed by atoms with Crippen molar-refractivity contribution in [1.82, 2.24) is 0 Å². The van der Waals surface area contributed by atoms with Crippen LogP contribution in [0.25, 0.3) is 0 Å².